The van der Waals surface area contributed by atoms with Gasteiger partial charge in [-0.1, -0.05) is 0 Å². The molecule has 0 bridgehead atoms. The molecule has 3 unspecified atom stereocenters. The zero-order valence-electron chi connectivity index (χ0n) is 13.3. The summed E-state index contributed by atoms with van der Waals surface area (Å²) in [6.07, 6.45) is 0.00946. The van der Waals surface area contributed by atoms with E-state index in [1.54, 1.807) is 7.11 Å². The summed E-state index contributed by atoms with van der Waals surface area (Å²) in [6, 6.07) is 0. The molecule has 5 heteroatoms. The Morgan fingerprint density at radius 1 is 0.842 bits per heavy atom. The summed E-state index contributed by atoms with van der Waals surface area (Å²) >= 11 is 0. The van der Waals surface area contributed by atoms with E-state index in [-0.39, 0.29) is 24.9 Å². The van der Waals surface area contributed by atoms with Gasteiger partial charge in [-0.25, -0.2) is 0 Å². The molecule has 0 aliphatic carbocycles. The van der Waals surface area contributed by atoms with E-state index in [4.69, 9.17) is 24.1 Å². The molecule has 0 spiro atoms. The van der Waals surface area contributed by atoms with Crippen molar-refractivity contribution in [2.24, 2.45) is 0 Å². The van der Waals surface area contributed by atoms with Crippen molar-refractivity contribution in [2.45, 2.75) is 52.9 Å². The Bertz CT molecular complexity index is 150. The van der Waals surface area contributed by atoms with Gasteiger partial charge in [0.2, 0.25) is 0 Å². The minimum absolute atomic E-state index is 0.0293. The summed E-state index contributed by atoms with van der Waals surface area (Å²) in [5.41, 5.74) is 0. The van der Waals surface area contributed by atoms with E-state index < -0.39 is 0 Å². The van der Waals surface area contributed by atoms with Gasteiger partial charge in [0.05, 0.1) is 38.1 Å². The van der Waals surface area contributed by atoms with Crippen molar-refractivity contribution < 1.29 is 24.1 Å². The number of aliphatic hydroxyl groups excluding tert-OH is 1. The second-order valence-electron chi connectivity index (χ2n) is 4.30. The highest BCUT2D eigenvalue weighted by atomic mass is 16.6. The summed E-state index contributed by atoms with van der Waals surface area (Å²) in [5, 5.41) is 8.72. The molecule has 0 saturated carbocycles. The molecule has 0 amide bonds. The van der Waals surface area contributed by atoms with E-state index in [2.05, 4.69) is 0 Å². The number of ether oxygens (including phenoxy) is 4. The smallest absolute Gasteiger partial charge is 0.0781 e. The molecule has 0 aromatic carbocycles. The van der Waals surface area contributed by atoms with Crippen LogP contribution in [0, 0.1) is 0 Å². The lowest BCUT2D eigenvalue weighted by Gasteiger charge is -2.18. The van der Waals surface area contributed by atoms with Gasteiger partial charge < -0.3 is 24.1 Å². The number of aliphatic hydroxyl groups is 1. The van der Waals surface area contributed by atoms with Gasteiger partial charge in [0.25, 0.3) is 0 Å². The number of methoxy groups -OCH3 is 1. The van der Waals surface area contributed by atoms with Crippen LogP contribution >= 0.6 is 0 Å². The van der Waals surface area contributed by atoms with Crippen LogP contribution in [0.15, 0.2) is 0 Å². The van der Waals surface area contributed by atoms with Crippen LogP contribution in [0.5, 0.6) is 0 Å². The van der Waals surface area contributed by atoms with Gasteiger partial charge in [-0.05, 0) is 34.6 Å². The summed E-state index contributed by atoms with van der Waals surface area (Å²) < 4.78 is 20.6. The first-order valence-electron chi connectivity index (χ1n) is 6.96. The third-order valence-electron chi connectivity index (χ3n) is 2.30. The molecule has 3 atom stereocenters. The molecular weight excluding hydrogens is 248 g/mol. The highest BCUT2D eigenvalue weighted by molar-refractivity contribution is 4.53. The molecule has 0 aliphatic heterocycles. The minimum Gasteiger partial charge on any atom is -0.394 e. The maximum atomic E-state index is 8.72. The van der Waals surface area contributed by atoms with Gasteiger partial charge in [-0.15, -0.1) is 0 Å². The largest absolute Gasteiger partial charge is 0.394 e. The molecule has 0 radical (unpaired) electrons. The highest BCUT2D eigenvalue weighted by Crippen LogP contribution is 1.98. The third kappa shape index (κ3) is 17.8. The first-order valence-corrected chi connectivity index (χ1v) is 6.96. The Balaban J connectivity index is 0. The van der Waals surface area contributed by atoms with E-state index in [9.17, 15) is 0 Å². The molecule has 1 N–H and O–H groups in total. The highest BCUT2D eigenvalue weighted by Gasteiger charge is 2.07. The van der Waals surface area contributed by atoms with Crippen LogP contribution in [0.3, 0.4) is 0 Å². The molecule has 0 rings (SSSR count). The van der Waals surface area contributed by atoms with Crippen LogP contribution < -0.4 is 0 Å². The predicted molar refractivity (Wildman–Crippen MR) is 76.6 cm³/mol. The van der Waals surface area contributed by atoms with Crippen LogP contribution in [0.2, 0.25) is 0 Å². The quantitative estimate of drug-likeness (QED) is 0.662. The fourth-order valence-electron chi connectivity index (χ4n) is 0.973. The van der Waals surface area contributed by atoms with Crippen molar-refractivity contribution in [1.29, 1.82) is 0 Å². The molecule has 0 aromatic heterocycles. The van der Waals surface area contributed by atoms with Gasteiger partial charge in [-0.2, -0.15) is 0 Å². The Morgan fingerprint density at radius 2 is 1.32 bits per heavy atom. The van der Waals surface area contributed by atoms with E-state index in [1.165, 1.54) is 0 Å². The summed E-state index contributed by atoms with van der Waals surface area (Å²) in [5.74, 6) is 0. The lowest BCUT2D eigenvalue weighted by molar-refractivity contribution is -0.0677. The van der Waals surface area contributed by atoms with Crippen molar-refractivity contribution in [2.75, 3.05) is 40.1 Å². The number of hydrogen-bond acceptors (Lipinski definition) is 5. The van der Waals surface area contributed by atoms with Gasteiger partial charge >= 0.3 is 0 Å². The summed E-state index contributed by atoms with van der Waals surface area (Å²) in [6.45, 7) is 12.5. The summed E-state index contributed by atoms with van der Waals surface area (Å²) in [7, 11) is 1.66. The van der Waals surface area contributed by atoms with Crippen LogP contribution in [0.25, 0.3) is 0 Å². The van der Waals surface area contributed by atoms with Crippen molar-refractivity contribution in [3.63, 3.8) is 0 Å². The SMILES string of the molecule is CCOCC.COC(C)COC(C)COC(C)CO. The average Bonchev–Trinajstić information content (AvgIpc) is 2.43. The van der Waals surface area contributed by atoms with Crippen LogP contribution in [0.4, 0.5) is 0 Å². The van der Waals surface area contributed by atoms with Crippen molar-refractivity contribution in [1.82, 2.24) is 0 Å². The Hall–Kier alpha value is -0.200. The van der Waals surface area contributed by atoms with Crippen LogP contribution in [-0.2, 0) is 18.9 Å². The number of rotatable bonds is 10. The second-order valence-corrected chi connectivity index (χ2v) is 4.30. The number of hydrogen-bond donors (Lipinski definition) is 1. The molecule has 0 fully saturated rings. The van der Waals surface area contributed by atoms with E-state index >= 15 is 0 Å². The molecule has 19 heavy (non-hydrogen) atoms. The van der Waals surface area contributed by atoms with Gasteiger partial charge in [0.1, 0.15) is 0 Å². The average molecular weight is 280 g/mol. The molecule has 5 nitrogen and oxygen atoms in total. The minimum atomic E-state index is -0.124. The Labute approximate surface area is 118 Å². The monoisotopic (exact) mass is 280 g/mol. The zero-order chi connectivity index (χ0) is 15.1. The Morgan fingerprint density at radius 3 is 1.68 bits per heavy atom. The van der Waals surface area contributed by atoms with E-state index in [0.29, 0.717) is 13.2 Å². The standard InChI is InChI=1S/C10H22O4.C4H10O/c1-8(5-11)13-7-10(3)14-6-9(2)12-4;1-3-5-4-2/h8-11H,5-7H2,1-4H3;3-4H2,1-2H3. The van der Waals surface area contributed by atoms with Gasteiger partial charge in [0.15, 0.2) is 0 Å². The zero-order valence-corrected chi connectivity index (χ0v) is 13.3. The fraction of sp³-hybridized carbons (Fsp3) is 1.00. The lowest BCUT2D eigenvalue weighted by atomic mass is 10.4. The summed E-state index contributed by atoms with van der Waals surface area (Å²) in [4.78, 5) is 0. The normalized spacial score (nSPS) is 15.3. The predicted octanol–water partition coefficient (Wildman–Crippen LogP) is 1.87. The molecule has 0 aromatic rings. The Kier molecular flexibility index (Phi) is 17.6. The molecule has 118 valence electrons. The molecule has 0 heterocycles. The van der Waals surface area contributed by atoms with E-state index in [1.807, 2.05) is 34.6 Å². The van der Waals surface area contributed by atoms with Crippen molar-refractivity contribution in [3.8, 4) is 0 Å². The van der Waals surface area contributed by atoms with Crippen LogP contribution in [0.1, 0.15) is 34.6 Å². The van der Waals surface area contributed by atoms with E-state index in [0.717, 1.165) is 13.2 Å². The lowest BCUT2D eigenvalue weighted by Crippen LogP contribution is -2.25. The molecular formula is C14H32O5. The first kappa shape index (κ1) is 21.1. The first-order chi connectivity index (χ1) is 9.01. The maximum absolute atomic E-state index is 8.72. The fourth-order valence-corrected chi connectivity index (χ4v) is 0.973. The van der Waals surface area contributed by atoms with Crippen LogP contribution in [-0.4, -0.2) is 63.6 Å². The van der Waals surface area contributed by atoms with Gasteiger partial charge in [0, 0.05) is 20.3 Å². The van der Waals surface area contributed by atoms with Crippen molar-refractivity contribution in [3.05, 3.63) is 0 Å². The van der Waals surface area contributed by atoms with Crippen molar-refractivity contribution >= 4 is 0 Å². The van der Waals surface area contributed by atoms with Gasteiger partial charge in [-0.3, -0.25) is 0 Å². The molecule has 0 aliphatic rings. The molecule has 0 saturated heterocycles. The second kappa shape index (κ2) is 15.9. The topological polar surface area (TPSA) is 57.2 Å². The maximum Gasteiger partial charge on any atom is 0.0781 e. The third-order valence-corrected chi connectivity index (χ3v) is 2.30.